The lowest BCUT2D eigenvalue weighted by Crippen LogP contribution is -1.99. The second kappa shape index (κ2) is 5.63. The van der Waals surface area contributed by atoms with E-state index in [1.165, 1.54) is 12.1 Å². The van der Waals surface area contributed by atoms with E-state index in [0.717, 1.165) is 6.07 Å². The van der Waals surface area contributed by atoms with Crippen LogP contribution in [-0.2, 0) is 0 Å². The Labute approximate surface area is 121 Å². The molecular formula is C16H12FNO3. The number of rotatable bonds is 3. The molecule has 0 heterocycles. The Hall–Kier alpha value is -2.87. The van der Waals surface area contributed by atoms with Gasteiger partial charge in [-0.2, -0.15) is 5.26 Å². The summed E-state index contributed by atoms with van der Waals surface area (Å²) in [4.78, 5) is 10.8. The van der Waals surface area contributed by atoms with E-state index >= 15 is 0 Å². The summed E-state index contributed by atoms with van der Waals surface area (Å²) in [6, 6.07) is 8.78. The van der Waals surface area contributed by atoms with Gasteiger partial charge in [0.15, 0.2) is 11.6 Å². The van der Waals surface area contributed by atoms with Crippen LogP contribution >= 0.6 is 0 Å². The normalized spacial score (nSPS) is 10.0. The molecule has 0 atom stereocenters. The molecule has 0 saturated heterocycles. The average molecular weight is 285 g/mol. The van der Waals surface area contributed by atoms with Crippen molar-refractivity contribution in [3.63, 3.8) is 0 Å². The van der Waals surface area contributed by atoms with E-state index in [1.807, 2.05) is 6.07 Å². The lowest BCUT2D eigenvalue weighted by atomic mass is 10.1. The van der Waals surface area contributed by atoms with Gasteiger partial charge in [-0.25, -0.2) is 9.18 Å². The number of carboxylic acids is 1. The van der Waals surface area contributed by atoms with Crippen molar-refractivity contribution in [2.24, 2.45) is 0 Å². The zero-order valence-corrected chi connectivity index (χ0v) is 11.5. The maximum absolute atomic E-state index is 13.9. The molecule has 0 radical (unpaired) electrons. The molecule has 0 fully saturated rings. The predicted octanol–water partition coefficient (Wildman–Crippen LogP) is 3.80. The SMILES string of the molecule is Cc1cc(C#N)cc(C)c1Oc1ccc(C(=O)O)cc1F. The molecule has 1 N–H and O–H groups in total. The van der Waals surface area contributed by atoms with Gasteiger partial charge in [-0.05, 0) is 55.3 Å². The van der Waals surface area contributed by atoms with E-state index in [2.05, 4.69) is 0 Å². The third-order valence-corrected chi connectivity index (χ3v) is 2.98. The summed E-state index contributed by atoms with van der Waals surface area (Å²) in [6.07, 6.45) is 0. The van der Waals surface area contributed by atoms with Gasteiger partial charge in [0.25, 0.3) is 0 Å². The number of nitriles is 1. The van der Waals surface area contributed by atoms with Crippen LogP contribution in [0.15, 0.2) is 30.3 Å². The van der Waals surface area contributed by atoms with E-state index in [-0.39, 0.29) is 11.3 Å². The molecule has 0 spiro atoms. The predicted molar refractivity (Wildman–Crippen MR) is 74.1 cm³/mol. The molecule has 4 nitrogen and oxygen atoms in total. The van der Waals surface area contributed by atoms with Gasteiger partial charge in [0, 0.05) is 0 Å². The average Bonchev–Trinajstić information content (AvgIpc) is 2.43. The molecule has 0 aliphatic heterocycles. The van der Waals surface area contributed by atoms with Crippen LogP contribution in [0, 0.1) is 31.0 Å². The number of aromatic carboxylic acids is 1. The number of aryl methyl sites for hydroxylation is 2. The maximum atomic E-state index is 13.9. The number of ether oxygens (including phenoxy) is 1. The van der Waals surface area contributed by atoms with Gasteiger partial charge in [0.05, 0.1) is 17.2 Å². The van der Waals surface area contributed by atoms with Crippen LogP contribution in [0.5, 0.6) is 11.5 Å². The maximum Gasteiger partial charge on any atom is 0.335 e. The zero-order valence-electron chi connectivity index (χ0n) is 11.5. The summed E-state index contributed by atoms with van der Waals surface area (Å²) in [5, 5.41) is 17.7. The molecule has 106 valence electrons. The molecular weight excluding hydrogens is 273 g/mol. The van der Waals surface area contributed by atoms with E-state index in [4.69, 9.17) is 15.1 Å². The molecule has 0 aliphatic carbocycles. The molecule has 0 aromatic heterocycles. The highest BCUT2D eigenvalue weighted by Crippen LogP contribution is 2.31. The van der Waals surface area contributed by atoms with E-state index in [1.54, 1.807) is 26.0 Å². The highest BCUT2D eigenvalue weighted by Gasteiger charge is 2.13. The van der Waals surface area contributed by atoms with Gasteiger partial charge < -0.3 is 9.84 Å². The fraction of sp³-hybridized carbons (Fsp3) is 0.125. The van der Waals surface area contributed by atoms with Crippen molar-refractivity contribution < 1.29 is 19.0 Å². The van der Waals surface area contributed by atoms with Gasteiger partial charge in [-0.15, -0.1) is 0 Å². The first-order valence-corrected chi connectivity index (χ1v) is 6.14. The Morgan fingerprint density at radius 2 is 1.86 bits per heavy atom. The van der Waals surface area contributed by atoms with Crippen LogP contribution in [0.1, 0.15) is 27.0 Å². The van der Waals surface area contributed by atoms with Crippen LogP contribution < -0.4 is 4.74 Å². The quantitative estimate of drug-likeness (QED) is 0.931. The lowest BCUT2D eigenvalue weighted by Gasteiger charge is -2.13. The molecule has 0 aliphatic rings. The van der Waals surface area contributed by atoms with Crippen molar-refractivity contribution >= 4 is 5.97 Å². The van der Waals surface area contributed by atoms with Crippen molar-refractivity contribution in [1.82, 2.24) is 0 Å². The van der Waals surface area contributed by atoms with Gasteiger partial charge in [0.1, 0.15) is 5.75 Å². The zero-order chi connectivity index (χ0) is 15.6. The smallest absolute Gasteiger partial charge is 0.335 e. The molecule has 2 aromatic carbocycles. The first kappa shape index (κ1) is 14.5. The number of hydrogen-bond donors (Lipinski definition) is 1. The Bertz CT molecular complexity index is 740. The summed E-state index contributed by atoms with van der Waals surface area (Å²) in [5.74, 6) is -1.56. The van der Waals surface area contributed by atoms with Crippen molar-refractivity contribution in [3.05, 3.63) is 58.4 Å². The molecule has 5 heteroatoms. The Balaban J connectivity index is 2.39. The molecule has 0 amide bonds. The third kappa shape index (κ3) is 3.00. The molecule has 0 saturated carbocycles. The highest BCUT2D eigenvalue weighted by molar-refractivity contribution is 5.87. The fourth-order valence-electron chi connectivity index (χ4n) is 2.00. The number of benzene rings is 2. The number of carboxylic acid groups (broad SMARTS) is 1. The summed E-state index contributed by atoms with van der Waals surface area (Å²) < 4.78 is 19.4. The van der Waals surface area contributed by atoms with Gasteiger partial charge in [-0.3, -0.25) is 0 Å². The minimum atomic E-state index is -1.20. The van der Waals surface area contributed by atoms with Crippen molar-refractivity contribution in [2.45, 2.75) is 13.8 Å². The summed E-state index contributed by atoms with van der Waals surface area (Å²) in [5.41, 5.74) is 1.76. The Morgan fingerprint density at radius 1 is 1.24 bits per heavy atom. The molecule has 0 unspecified atom stereocenters. The van der Waals surface area contributed by atoms with Crippen LogP contribution in [0.3, 0.4) is 0 Å². The molecule has 21 heavy (non-hydrogen) atoms. The topological polar surface area (TPSA) is 70.3 Å². The minimum Gasteiger partial charge on any atom is -0.478 e. The summed E-state index contributed by atoms with van der Waals surface area (Å²) in [6.45, 7) is 3.51. The van der Waals surface area contributed by atoms with Crippen LogP contribution in [0.25, 0.3) is 0 Å². The molecule has 2 aromatic rings. The van der Waals surface area contributed by atoms with Gasteiger partial charge >= 0.3 is 5.97 Å². The largest absolute Gasteiger partial charge is 0.478 e. The monoisotopic (exact) mass is 285 g/mol. The minimum absolute atomic E-state index is 0.0593. The Morgan fingerprint density at radius 3 is 2.33 bits per heavy atom. The summed E-state index contributed by atoms with van der Waals surface area (Å²) >= 11 is 0. The highest BCUT2D eigenvalue weighted by atomic mass is 19.1. The van der Waals surface area contributed by atoms with Crippen molar-refractivity contribution in [3.8, 4) is 17.6 Å². The number of nitrogens with zero attached hydrogens (tertiary/aromatic N) is 1. The van der Waals surface area contributed by atoms with Gasteiger partial charge in [-0.1, -0.05) is 0 Å². The molecule has 2 rings (SSSR count). The first-order chi connectivity index (χ1) is 9.92. The summed E-state index contributed by atoms with van der Waals surface area (Å²) in [7, 11) is 0. The fourth-order valence-corrected chi connectivity index (χ4v) is 2.00. The van der Waals surface area contributed by atoms with Crippen molar-refractivity contribution in [2.75, 3.05) is 0 Å². The second-order valence-corrected chi connectivity index (χ2v) is 4.60. The van der Waals surface area contributed by atoms with Gasteiger partial charge in [0.2, 0.25) is 0 Å². The number of halogens is 1. The van der Waals surface area contributed by atoms with Crippen LogP contribution in [-0.4, -0.2) is 11.1 Å². The van der Waals surface area contributed by atoms with E-state index < -0.39 is 11.8 Å². The standard InChI is InChI=1S/C16H12FNO3/c1-9-5-11(8-18)6-10(2)15(9)21-14-4-3-12(16(19)20)7-13(14)17/h3-7H,1-2H3,(H,19,20). The number of carbonyl (C=O) groups is 1. The van der Waals surface area contributed by atoms with Crippen molar-refractivity contribution in [1.29, 1.82) is 5.26 Å². The van der Waals surface area contributed by atoms with Crippen LogP contribution in [0.4, 0.5) is 4.39 Å². The Kier molecular flexibility index (Phi) is 3.90. The van der Waals surface area contributed by atoms with Crippen LogP contribution in [0.2, 0.25) is 0 Å². The second-order valence-electron chi connectivity index (χ2n) is 4.60. The van der Waals surface area contributed by atoms with E-state index in [9.17, 15) is 9.18 Å². The third-order valence-electron chi connectivity index (χ3n) is 2.98. The number of hydrogen-bond acceptors (Lipinski definition) is 3. The first-order valence-electron chi connectivity index (χ1n) is 6.14. The molecule has 0 bridgehead atoms. The van der Waals surface area contributed by atoms with E-state index in [0.29, 0.717) is 22.4 Å². The lowest BCUT2D eigenvalue weighted by molar-refractivity contribution is 0.0696.